The van der Waals surface area contributed by atoms with Gasteiger partial charge in [0.2, 0.25) is 11.8 Å². The van der Waals surface area contributed by atoms with Gasteiger partial charge in [-0.05, 0) is 75.8 Å². The van der Waals surface area contributed by atoms with Gasteiger partial charge in [-0.2, -0.15) is 0 Å². The normalized spacial score (nSPS) is 15.0. The van der Waals surface area contributed by atoms with E-state index >= 15 is 0 Å². The highest BCUT2D eigenvalue weighted by atomic mass is 35.5. The number of carboxylic acid groups (broad SMARTS) is 2. The first-order valence-electron chi connectivity index (χ1n) is 26.4. The summed E-state index contributed by atoms with van der Waals surface area (Å²) in [5.41, 5.74) is 0. The minimum atomic E-state index is -1.17. The third-order valence-corrected chi connectivity index (χ3v) is 13.2. The van der Waals surface area contributed by atoms with Crippen LogP contribution in [0.4, 0.5) is 0 Å². The van der Waals surface area contributed by atoms with Crippen molar-refractivity contribution in [1.29, 1.82) is 0 Å². The lowest BCUT2D eigenvalue weighted by Crippen LogP contribution is -2.44. The number of hydrogen-bond donors (Lipinski definition) is 4. The van der Waals surface area contributed by atoms with Crippen LogP contribution in [0, 0.1) is 11.8 Å². The number of esters is 1. The number of unbranched alkanes of at least 4 members (excludes halogenated alkanes) is 15. The molecule has 0 spiro atoms. The number of amides is 2. The summed E-state index contributed by atoms with van der Waals surface area (Å²) in [6.07, 6.45) is 25.0. The van der Waals surface area contributed by atoms with Crippen LogP contribution in [0.1, 0.15) is 180 Å². The van der Waals surface area contributed by atoms with E-state index in [1.54, 1.807) is 18.2 Å². The van der Waals surface area contributed by atoms with Gasteiger partial charge in [0.05, 0.1) is 43.1 Å². The van der Waals surface area contributed by atoms with Crippen LogP contribution in [0.5, 0.6) is 5.75 Å². The number of halogens is 2. The maximum absolute atomic E-state index is 13.0. The molecule has 1 aliphatic carbocycles. The molecule has 0 heterocycles. The molecule has 1 saturated carbocycles. The molecule has 0 saturated heterocycles. The Bertz CT molecular complexity index is 1660. The largest absolute Gasteiger partial charge is 0.481 e. The molecule has 0 radical (unpaired) electrons. The number of aliphatic carboxylic acids is 2. The number of Topliss-reactive ketones (excluding diaryl/α,β-unsaturated/α-hetero) is 2. The molecule has 1 fully saturated rings. The molecule has 0 bridgehead atoms. The maximum Gasteiger partial charge on any atom is 0.337 e. The van der Waals surface area contributed by atoms with Gasteiger partial charge >= 0.3 is 17.9 Å². The van der Waals surface area contributed by atoms with Crippen LogP contribution in [0.25, 0.3) is 0 Å². The summed E-state index contributed by atoms with van der Waals surface area (Å²) in [5.74, 6) is -2.74. The van der Waals surface area contributed by atoms with Gasteiger partial charge in [-0.3, -0.25) is 24.0 Å². The Morgan fingerprint density at radius 1 is 0.563 bits per heavy atom. The third-order valence-electron chi connectivity index (χ3n) is 12.6. The van der Waals surface area contributed by atoms with E-state index in [1.807, 2.05) is 0 Å². The molecule has 0 unspecified atom stereocenters. The Morgan fingerprint density at radius 2 is 1.06 bits per heavy atom. The fraction of sp³-hybridized carbons (Fsp3) is 0.755. The minimum Gasteiger partial charge on any atom is -0.481 e. The van der Waals surface area contributed by atoms with Crippen molar-refractivity contribution in [3.8, 4) is 5.75 Å². The van der Waals surface area contributed by atoms with E-state index in [0.717, 1.165) is 51.4 Å². The summed E-state index contributed by atoms with van der Waals surface area (Å²) < 4.78 is 26.5. The minimum absolute atomic E-state index is 0.0122. The van der Waals surface area contributed by atoms with Crippen molar-refractivity contribution in [1.82, 2.24) is 10.6 Å². The molecule has 18 heteroatoms. The van der Waals surface area contributed by atoms with Crippen molar-refractivity contribution in [3.05, 3.63) is 28.2 Å². The van der Waals surface area contributed by atoms with Crippen LogP contribution in [0.15, 0.2) is 18.2 Å². The number of hydrogen-bond acceptors (Lipinski definition) is 12. The standard InChI is InChI=1S/C53H84Cl2N2O14/c54-45-21-17-22-46(55)51(45)71-50(63)40-70-38-36-68-34-32-56-48(60)39-69-37-35-67-33-18-20-44(59)30-31-47(53(65)66)57-52(64)42-27-24-41(25-28-42)26-29-43(58)19-15-13-11-9-7-5-3-1-2-4-6-8-10-12-14-16-23-49(61)62/h17,21-22,41-42,47H,1-16,18-20,23-40H2,(H,56,60)(H,57,64)(H,61,62)(H,65,66)/t41?,42?,47-/m0/s1. The lowest BCUT2D eigenvalue weighted by Gasteiger charge is -2.28. The van der Waals surface area contributed by atoms with Crippen molar-refractivity contribution in [3.63, 3.8) is 0 Å². The molecule has 71 heavy (non-hydrogen) atoms. The second kappa shape index (κ2) is 41.8. The number of ketones is 2. The maximum atomic E-state index is 13.0. The highest BCUT2D eigenvalue weighted by Gasteiger charge is 2.30. The van der Waals surface area contributed by atoms with E-state index in [-0.39, 0.29) is 111 Å². The van der Waals surface area contributed by atoms with E-state index in [2.05, 4.69) is 10.6 Å². The van der Waals surface area contributed by atoms with Crippen molar-refractivity contribution in [2.75, 3.05) is 59.4 Å². The number of carbonyl (C=O) groups is 7. The third kappa shape index (κ3) is 34.4. The fourth-order valence-corrected chi connectivity index (χ4v) is 8.90. The summed E-state index contributed by atoms with van der Waals surface area (Å²) in [5, 5.41) is 24.2. The fourth-order valence-electron chi connectivity index (χ4n) is 8.42. The zero-order chi connectivity index (χ0) is 51.7. The molecule has 2 amide bonds. The van der Waals surface area contributed by atoms with Crippen molar-refractivity contribution in [2.24, 2.45) is 11.8 Å². The molecule has 1 atom stereocenters. The molecule has 1 aromatic rings. The van der Waals surface area contributed by atoms with Gasteiger partial charge < -0.3 is 44.5 Å². The summed E-state index contributed by atoms with van der Waals surface area (Å²) >= 11 is 11.9. The SMILES string of the molecule is O=C(O)CCCCCCCCCCCCCCCCCCC(=O)CCC1CCC(C(=O)N[C@@H](CCC(=O)CCCOCCOCC(=O)NCCOCCOCC(=O)Oc2c(Cl)cccc2Cl)C(=O)O)CC1. The predicted molar refractivity (Wildman–Crippen MR) is 272 cm³/mol. The summed E-state index contributed by atoms with van der Waals surface area (Å²) in [7, 11) is 0. The molecule has 2 rings (SSSR count). The predicted octanol–water partition coefficient (Wildman–Crippen LogP) is 10.0. The Hall–Kier alpha value is -3.67. The zero-order valence-electron chi connectivity index (χ0n) is 42.2. The summed E-state index contributed by atoms with van der Waals surface area (Å²) in [6, 6.07) is 3.59. The highest BCUT2D eigenvalue weighted by molar-refractivity contribution is 6.37. The molecule has 0 aliphatic heterocycles. The first-order chi connectivity index (χ1) is 34.3. The van der Waals surface area contributed by atoms with Gasteiger partial charge in [-0.1, -0.05) is 119 Å². The van der Waals surface area contributed by atoms with Gasteiger partial charge in [-0.15, -0.1) is 0 Å². The Labute approximate surface area is 432 Å². The van der Waals surface area contributed by atoms with Gasteiger partial charge in [0, 0.05) is 51.2 Å². The van der Waals surface area contributed by atoms with E-state index < -0.39 is 23.9 Å². The van der Waals surface area contributed by atoms with Gasteiger partial charge in [-0.25, -0.2) is 9.59 Å². The average molecular weight is 1040 g/mol. The summed E-state index contributed by atoms with van der Waals surface area (Å²) in [6.45, 7) is 1.01. The first kappa shape index (κ1) is 63.4. The van der Waals surface area contributed by atoms with E-state index in [1.165, 1.54) is 70.6 Å². The van der Waals surface area contributed by atoms with Gasteiger partial charge in [0.1, 0.15) is 30.8 Å². The van der Waals surface area contributed by atoms with Crippen LogP contribution in [0.3, 0.4) is 0 Å². The molecule has 4 N–H and O–H groups in total. The van der Waals surface area contributed by atoms with Gasteiger partial charge in [0.15, 0.2) is 5.75 Å². The topological polar surface area (TPSA) is 230 Å². The van der Waals surface area contributed by atoms with Crippen LogP contribution >= 0.6 is 23.2 Å². The zero-order valence-corrected chi connectivity index (χ0v) is 43.7. The quantitative estimate of drug-likeness (QED) is 0.0271. The number of nitrogens with one attached hydrogen (secondary N) is 2. The lowest BCUT2D eigenvalue weighted by atomic mass is 9.79. The molecule has 404 valence electrons. The van der Waals surface area contributed by atoms with Crippen molar-refractivity contribution < 1.29 is 67.5 Å². The smallest absolute Gasteiger partial charge is 0.337 e. The Balaban J connectivity index is 1.37. The number of para-hydroxylation sites is 1. The number of carbonyl (C=O) groups excluding carboxylic acids is 5. The summed E-state index contributed by atoms with van der Waals surface area (Å²) in [4.78, 5) is 84.4. The lowest BCUT2D eigenvalue weighted by molar-refractivity contribution is -0.143. The number of benzene rings is 1. The monoisotopic (exact) mass is 1040 g/mol. The molecule has 0 aromatic heterocycles. The first-order valence-corrected chi connectivity index (χ1v) is 27.1. The van der Waals surface area contributed by atoms with E-state index in [9.17, 15) is 38.7 Å². The molecule has 1 aliphatic rings. The number of ether oxygens (including phenoxy) is 5. The van der Waals surface area contributed by atoms with Crippen LogP contribution in [0.2, 0.25) is 10.0 Å². The van der Waals surface area contributed by atoms with Crippen LogP contribution in [-0.2, 0) is 52.5 Å². The van der Waals surface area contributed by atoms with Crippen molar-refractivity contribution >= 4 is 64.5 Å². The van der Waals surface area contributed by atoms with Crippen molar-refractivity contribution in [2.45, 2.75) is 186 Å². The number of carboxylic acids is 2. The van der Waals surface area contributed by atoms with E-state index in [4.69, 9.17) is 52.0 Å². The molecular formula is C53H84Cl2N2O14. The van der Waals surface area contributed by atoms with Gasteiger partial charge in [0.25, 0.3) is 0 Å². The van der Waals surface area contributed by atoms with E-state index in [0.29, 0.717) is 56.8 Å². The molecular weight excluding hydrogens is 959 g/mol. The van der Waals surface area contributed by atoms with Crippen LogP contribution < -0.4 is 15.4 Å². The Morgan fingerprint density at radius 3 is 1.62 bits per heavy atom. The Kier molecular flexibility index (Phi) is 37.3. The second-order valence-corrected chi connectivity index (χ2v) is 19.4. The molecule has 1 aromatic carbocycles. The molecule has 16 nitrogen and oxygen atoms in total. The average Bonchev–Trinajstić information content (AvgIpc) is 3.34. The number of rotatable bonds is 46. The second-order valence-electron chi connectivity index (χ2n) is 18.6. The van der Waals surface area contributed by atoms with Crippen LogP contribution in [-0.4, -0.2) is 117 Å². The highest BCUT2D eigenvalue weighted by Crippen LogP contribution is 2.33.